The zero-order chi connectivity index (χ0) is 19.8. The molecule has 0 saturated heterocycles. The number of carbonyl (C=O) groups is 1. The van der Waals surface area contributed by atoms with Gasteiger partial charge in [0.1, 0.15) is 5.69 Å². The number of para-hydroxylation sites is 1. The first-order valence-electron chi connectivity index (χ1n) is 10.3. The highest BCUT2D eigenvalue weighted by Gasteiger charge is 2.27. The fourth-order valence-corrected chi connectivity index (χ4v) is 5.51. The van der Waals surface area contributed by atoms with Gasteiger partial charge >= 0.3 is 0 Å². The molecule has 2 aliphatic rings. The second-order valence-corrected chi connectivity index (χ2v) is 9.07. The number of fused-ring (bicyclic) bond motifs is 2. The number of benzene rings is 1. The summed E-state index contributed by atoms with van der Waals surface area (Å²) in [4.78, 5) is 24.2. The standard InChI is InChI=1S/C22H26N4O2S/c1-28-16-8-6-15(7-9-16)23-22-25-18-10-11-26(13-20(18)29-22)21(27)19-12-14-4-2-3-5-17(14)24-19/h2-5,12,15-16,24H,6-11,13H2,1H3,(H,23,25). The van der Waals surface area contributed by atoms with Crippen molar-refractivity contribution in [2.45, 2.75) is 50.8 Å². The van der Waals surface area contributed by atoms with E-state index in [4.69, 9.17) is 9.72 Å². The maximum atomic E-state index is 13.0. The number of aromatic amines is 1. The predicted molar refractivity (Wildman–Crippen MR) is 116 cm³/mol. The van der Waals surface area contributed by atoms with Crippen LogP contribution in [0.5, 0.6) is 0 Å². The Morgan fingerprint density at radius 1 is 1.28 bits per heavy atom. The Hall–Kier alpha value is -2.38. The summed E-state index contributed by atoms with van der Waals surface area (Å²) in [7, 11) is 1.80. The predicted octanol–water partition coefficient (Wildman–Crippen LogP) is 4.19. The summed E-state index contributed by atoms with van der Waals surface area (Å²) < 4.78 is 5.47. The molecule has 1 amide bonds. The molecule has 1 fully saturated rings. The van der Waals surface area contributed by atoms with E-state index in [1.165, 1.54) is 4.88 Å². The van der Waals surface area contributed by atoms with Gasteiger partial charge in [0.05, 0.1) is 18.3 Å². The van der Waals surface area contributed by atoms with Gasteiger partial charge in [-0.15, -0.1) is 0 Å². The second kappa shape index (κ2) is 7.80. The summed E-state index contributed by atoms with van der Waals surface area (Å²) in [5.41, 5.74) is 2.80. The van der Waals surface area contributed by atoms with Crippen molar-refractivity contribution < 1.29 is 9.53 Å². The van der Waals surface area contributed by atoms with Gasteiger partial charge in [0.2, 0.25) is 0 Å². The maximum Gasteiger partial charge on any atom is 0.270 e. The summed E-state index contributed by atoms with van der Waals surface area (Å²) in [6.07, 6.45) is 5.66. The Morgan fingerprint density at radius 2 is 2.10 bits per heavy atom. The highest BCUT2D eigenvalue weighted by molar-refractivity contribution is 7.15. The molecule has 29 heavy (non-hydrogen) atoms. The summed E-state index contributed by atoms with van der Waals surface area (Å²) in [6.45, 7) is 1.35. The van der Waals surface area contributed by atoms with Crippen molar-refractivity contribution in [2.75, 3.05) is 19.0 Å². The Labute approximate surface area is 174 Å². The van der Waals surface area contributed by atoms with Gasteiger partial charge in [-0.1, -0.05) is 29.5 Å². The average molecular weight is 411 g/mol. The number of thiazole rings is 1. The third-order valence-electron chi connectivity index (χ3n) is 6.11. The molecular weight excluding hydrogens is 384 g/mol. The number of carbonyl (C=O) groups excluding carboxylic acids is 1. The zero-order valence-electron chi connectivity index (χ0n) is 16.6. The van der Waals surface area contributed by atoms with E-state index in [0.717, 1.165) is 53.8 Å². The number of methoxy groups -OCH3 is 1. The van der Waals surface area contributed by atoms with Crippen molar-refractivity contribution in [1.82, 2.24) is 14.9 Å². The van der Waals surface area contributed by atoms with Crippen LogP contribution >= 0.6 is 11.3 Å². The van der Waals surface area contributed by atoms with Crippen molar-refractivity contribution in [1.29, 1.82) is 0 Å². The summed E-state index contributed by atoms with van der Waals surface area (Å²) in [6, 6.07) is 10.4. The van der Waals surface area contributed by atoms with Gasteiger partial charge in [-0.3, -0.25) is 4.79 Å². The van der Waals surface area contributed by atoms with Crippen molar-refractivity contribution >= 4 is 33.3 Å². The van der Waals surface area contributed by atoms with E-state index >= 15 is 0 Å². The van der Waals surface area contributed by atoms with Gasteiger partial charge in [0, 0.05) is 41.9 Å². The first kappa shape index (κ1) is 18.6. The molecule has 6 nitrogen and oxygen atoms in total. The molecule has 1 aromatic carbocycles. The summed E-state index contributed by atoms with van der Waals surface area (Å²) >= 11 is 1.70. The average Bonchev–Trinajstić information content (AvgIpc) is 3.36. The van der Waals surface area contributed by atoms with Crippen molar-refractivity contribution in [3.05, 3.63) is 46.6 Å². The van der Waals surface area contributed by atoms with Crippen LogP contribution in [0.1, 0.15) is 46.7 Å². The number of anilines is 1. The van der Waals surface area contributed by atoms with Gasteiger partial charge in [-0.05, 0) is 37.8 Å². The molecular formula is C22H26N4O2S. The molecule has 1 aliphatic heterocycles. The van der Waals surface area contributed by atoms with Crippen LogP contribution in [0.15, 0.2) is 30.3 Å². The highest BCUT2D eigenvalue weighted by Crippen LogP contribution is 2.31. The molecule has 0 atom stereocenters. The number of nitrogens with zero attached hydrogens (tertiary/aromatic N) is 2. The lowest BCUT2D eigenvalue weighted by molar-refractivity contribution is 0.0681. The van der Waals surface area contributed by atoms with Crippen molar-refractivity contribution in [3.63, 3.8) is 0 Å². The molecule has 3 heterocycles. The number of H-pyrrole nitrogens is 1. The Kier molecular flexibility index (Phi) is 5.01. The van der Waals surface area contributed by atoms with E-state index in [2.05, 4.69) is 10.3 Å². The number of hydrogen-bond donors (Lipinski definition) is 2. The molecule has 0 bridgehead atoms. The third-order valence-corrected chi connectivity index (χ3v) is 7.13. The van der Waals surface area contributed by atoms with Crippen LogP contribution in [-0.4, -0.2) is 46.6 Å². The second-order valence-electron chi connectivity index (χ2n) is 7.99. The van der Waals surface area contributed by atoms with Gasteiger partial charge < -0.3 is 19.9 Å². The molecule has 1 aliphatic carbocycles. The minimum Gasteiger partial charge on any atom is -0.381 e. The molecule has 0 unspecified atom stereocenters. The maximum absolute atomic E-state index is 13.0. The lowest BCUT2D eigenvalue weighted by atomic mass is 9.93. The summed E-state index contributed by atoms with van der Waals surface area (Å²) in [5.74, 6) is 0.0626. The smallest absolute Gasteiger partial charge is 0.270 e. The number of amides is 1. The first-order chi connectivity index (χ1) is 14.2. The van der Waals surface area contributed by atoms with E-state index in [1.807, 2.05) is 35.2 Å². The molecule has 2 N–H and O–H groups in total. The largest absolute Gasteiger partial charge is 0.381 e. The fourth-order valence-electron chi connectivity index (χ4n) is 4.41. The Bertz CT molecular complexity index is 986. The van der Waals surface area contributed by atoms with Crippen LogP contribution in [0.25, 0.3) is 10.9 Å². The SMILES string of the molecule is COC1CCC(Nc2nc3c(s2)CN(C(=O)c2cc4ccccc4[nH]2)CC3)CC1. The van der Waals surface area contributed by atoms with Crippen LogP contribution in [0, 0.1) is 0 Å². The van der Waals surface area contributed by atoms with E-state index in [1.54, 1.807) is 18.4 Å². The number of ether oxygens (including phenoxy) is 1. The number of hydrogen-bond acceptors (Lipinski definition) is 5. The minimum atomic E-state index is 0.0626. The van der Waals surface area contributed by atoms with Crippen LogP contribution in [0.4, 0.5) is 5.13 Å². The Balaban J connectivity index is 1.25. The van der Waals surface area contributed by atoms with Gasteiger partial charge in [-0.2, -0.15) is 0 Å². The Morgan fingerprint density at radius 3 is 2.90 bits per heavy atom. The van der Waals surface area contributed by atoms with E-state index in [9.17, 15) is 4.79 Å². The van der Waals surface area contributed by atoms with Gasteiger partial charge in [-0.25, -0.2) is 4.98 Å². The molecule has 2 aromatic heterocycles. The molecule has 0 radical (unpaired) electrons. The summed E-state index contributed by atoms with van der Waals surface area (Å²) in [5, 5.41) is 5.68. The normalized spacial score (nSPS) is 21.9. The first-order valence-corrected chi connectivity index (χ1v) is 11.2. The quantitative estimate of drug-likeness (QED) is 0.677. The van der Waals surface area contributed by atoms with Gasteiger partial charge in [0.25, 0.3) is 5.91 Å². The molecule has 152 valence electrons. The van der Waals surface area contributed by atoms with Crippen molar-refractivity contribution in [3.8, 4) is 0 Å². The zero-order valence-corrected chi connectivity index (χ0v) is 17.4. The molecule has 1 saturated carbocycles. The lowest BCUT2D eigenvalue weighted by Gasteiger charge is -2.27. The van der Waals surface area contributed by atoms with E-state index in [-0.39, 0.29) is 5.91 Å². The lowest BCUT2D eigenvalue weighted by Crippen LogP contribution is -2.35. The topological polar surface area (TPSA) is 70.2 Å². The fraction of sp³-hybridized carbons (Fsp3) is 0.455. The minimum absolute atomic E-state index is 0.0626. The number of rotatable bonds is 4. The van der Waals surface area contributed by atoms with Crippen molar-refractivity contribution in [2.24, 2.45) is 0 Å². The van der Waals surface area contributed by atoms with E-state index in [0.29, 0.717) is 30.9 Å². The third kappa shape index (κ3) is 3.76. The molecule has 7 heteroatoms. The number of aromatic nitrogens is 2. The van der Waals surface area contributed by atoms with Crippen LogP contribution in [0.2, 0.25) is 0 Å². The number of nitrogens with one attached hydrogen (secondary N) is 2. The van der Waals surface area contributed by atoms with E-state index < -0.39 is 0 Å². The molecule has 5 rings (SSSR count). The molecule has 3 aromatic rings. The van der Waals surface area contributed by atoms with Gasteiger partial charge in [0.15, 0.2) is 5.13 Å². The van der Waals surface area contributed by atoms with Crippen LogP contribution < -0.4 is 5.32 Å². The van der Waals surface area contributed by atoms with Crippen LogP contribution in [-0.2, 0) is 17.7 Å². The highest BCUT2D eigenvalue weighted by atomic mass is 32.1. The monoisotopic (exact) mass is 410 g/mol. The molecule has 0 spiro atoms. The van der Waals surface area contributed by atoms with Crippen LogP contribution in [0.3, 0.4) is 0 Å².